The van der Waals surface area contributed by atoms with E-state index in [-0.39, 0.29) is 11.2 Å². The molecule has 2 nitrogen and oxygen atoms in total. The molecule has 8 saturated carbocycles. The van der Waals surface area contributed by atoms with Gasteiger partial charge in [0.15, 0.2) is 0 Å². The number of fused-ring (bicyclic) bond motifs is 10. The van der Waals surface area contributed by atoms with E-state index in [1.807, 2.05) is 0 Å². The highest BCUT2D eigenvalue weighted by Gasteiger charge is 2.56. The van der Waals surface area contributed by atoms with Crippen LogP contribution in [-0.2, 0) is 0 Å². The van der Waals surface area contributed by atoms with Crippen LogP contribution in [0.2, 0.25) is 0 Å². The lowest BCUT2D eigenvalue weighted by Crippen LogP contribution is -2.55. The van der Waals surface area contributed by atoms with Gasteiger partial charge in [-0.2, -0.15) is 0 Å². The SMILES string of the molecule is OC1(CCCCCCCCCC2(O)CCCC3CC[C@H]4[C@@H]5CCC[C@H]5CC[C@H]4[C@H]32)CCCC2CC[C@H]3[C@@H]4CCC[C@H]4CC[C@H]3[C@H]21. The van der Waals surface area contributed by atoms with E-state index in [0.29, 0.717) is 11.8 Å². The molecule has 0 radical (unpaired) electrons. The Morgan fingerprint density at radius 3 is 1.18 bits per heavy atom. The summed E-state index contributed by atoms with van der Waals surface area (Å²) in [4.78, 5) is 0. The summed E-state index contributed by atoms with van der Waals surface area (Å²) in [6.45, 7) is 0. The standard InChI is InChI=1S/C43H72O2/c44-42(28-10-14-32-20-22-36-34-16-8-12-30(34)18-24-38(36)40(32)42)26-6-4-2-1-3-5-7-27-43(45)29-11-15-33-21-23-37-35-17-9-13-31(35)19-25-39(37)41(33)43/h30-41,44-45H,1-29H2/t30-,31-,32?,33?,34+,35+,36-,37-,38+,39+,40-,41-,42?,43?/m0/s1. The van der Waals surface area contributed by atoms with Crippen molar-refractivity contribution in [2.45, 2.75) is 197 Å². The van der Waals surface area contributed by atoms with Crippen LogP contribution in [-0.4, -0.2) is 21.4 Å². The first-order valence-corrected chi connectivity index (χ1v) is 21.5. The van der Waals surface area contributed by atoms with E-state index >= 15 is 0 Å². The lowest BCUT2D eigenvalue weighted by Gasteiger charge is -2.57. The van der Waals surface area contributed by atoms with E-state index in [1.165, 1.54) is 161 Å². The summed E-state index contributed by atoms with van der Waals surface area (Å²) in [6, 6.07) is 0. The van der Waals surface area contributed by atoms with E-state index in [9.17, 15) is 10.2 Å². The molecule has 4 unspecified atom stereocenters. The smallest absolute Gasteiger partial charge is 0.0681 e. The summed E-state index contributed by atoms with van der Waals surface area (Å²) in [5.74, 6) is 10.6. The molecule has 0 aliphatic heterocycles. The topological polar surface area (TPSA) is 40.5 Å². The molecule has 0 heterocycles. The van der Waals surface area contributed by atoms with Crippen LogP contribution in [0, 0.1) is 71.0 Å². The average molecular weight is 621 g/mol. The average Bonchev–Trinajstić information content (AvgIpc) is 3.74. The summed E-state index contributed by atoms with van der Waals surface area (Å²) >= 11 is 0. The number of unbranched alkanes of at least 4 members (excludes halogenated alkanes) is 6. The van der Waals surface area contributed by atoms with Gasteiger partial charge in [0.2, 0.25) is 0 Å². The molecule has 0 aromatic carbocycles. The lowest BCUT2D eigenvalue weighted by atomic mass is 9.50. The molecule has 8 rings (SSSR count). The van der Waals surface area contributed by atoms with Gasteiger partial charge in [0.25, 0.3) is 0 Å². The van der Waals surface area contributed by atoms with Gasteiger partial charge in [-0.1, -0.05) is 83.5 Å². The third-order valence-corrected chi connectivity index (χ3v) is 17.4. The van der Waals surface area contributed by atoms with Crippen LogP contribution < -0.4 is 0 Å². The molecule has 0 saturated heterocycles. The molecule has 14 atom stereocenters. The van der Waals surface area contributed by atoms with Gasteiger partial charge in [0.05, 0.1) is 11.2 Å². The first-order chi connectivity index (χ1) is 22.0. The Bertz CT molecular complexity index is 901. The van der Waals surface area contributed by atoms with Crippen molar-refractivity contribution >= 4 is 0 Å². The van der Waals surface area contributed by atoms with Crippen molar-refractivity contribution in [2.75, 3.05) is 0 Å². The predicted octanol–water partition coefficient (Wildman–Crippen LogP) is 11.3. The third kappa shape index (κ3) is 6.16. The normalized spacial score (nSPS) is 50.5. The molecule has 0 spiro atoms. The number of hydrogen-bond donors (Lipinski definition) is 2. The van der Waals surface area contributed by atoms with E-state index < -0.39 is 0 Å². The number of aliphatic hydroxyl groups is 2. The van der Waals surface area contributed by atoms with Gasteiger partial charge in [-0.25, -0.2) is 0 Å². The van der Waals surface area contributed by atoms with E-state index in [1.54, 1.807) is 0 Å². The highest BCUT2D eigenvalue weighted by molar-refractivity contribution is 5.07. The fourth-order valence-corrected chi connectivity index (χ4v) is 15.8. The van der Waals surface area contributed by atoms with Crippen molar-refractivity contribution in [3.63, 3.8) is 0 Å². The Kier molecular flexibility index (Phi) is 9.77. The van der Waals surface area contributed by atoms with Crippen molar-refractivity contribution < 1.29 is 10.2 Å². The van der Waals surface area contributed by atoms with Crippen LogP contribution in [0.3, 0.4) is 0 Å². The van der Waals surface area contributed by atoms with Gasteiger partial charge in [-0.05, 0) is 174 Å². The Hall–Kier alpha value is -0.0800. The molecule has 8 aliphatic rings. The molecule has 0 aromatic heterocycles. The van der Waals surface area contributed by atoms with Crippen LogP contribution in [0.1, 0.15) is 186 Å². The number of rotatable bonds is 10. The van der Waals surface area contributed by atoms with E-state index in [4.69, 9.17) is 0 Å². The first-order valence-electron chi connectivity index (χ1n) is 21.5. The zero-order valence-corrected chi connectivity index (χ0v) is 29.3. The van der Waals surface area contributed by atoms with Crippen LogP contribution in [0.5, 0.6) is 0 Å². The summed E-state index contributed by atoms with van der Waals surface area (Å²) in [5, 5.41) is 24.5. The van der Waals surface area contributed by atoms with Crippen LogP contribution in [0.25, 0.3) is 0 Å². The summed E-state index contributed by atoms with van der Waals surface area (Å²) in [6.07, 6.45) is 39.6. The third-order valence-electron chi connectivity index (χ3n) is 17.4. The minimum atomic E-state index is -0.347. The molecular weight excluding hydrogens is 548 g/mol. The van der Waals surface area contributed by atoms with Crippen molar-refractivity contribution in [1.29, 1.82) is 0 Å². The molecule has 0 aromatic rings. The summed E-state index contributed by atoms with van der Waals surface area (Å²) < 4.78 is 0. The molecule has 0 amide bonds. The Morgan fingerprint density at radius 2 is 0.711 bits per heavy atom. The minimum absolute atomic E-state index is 0.347. The Morgan fingerprint density at radius 1 is 0.333 bits per heavy atom. The maximum absolute atomic E-state index is 12.2. The first kappa shape index (κ1) is 32.1. The lowest BCUT2D eigenvalue weighted by molar-refractivity contribution is -0.149. The van der Waals surface area contributed by atoms with Gasteiger partial charge in [0.1, 0.15) is 0 Å². The second-order valence-corrected chi connectivity index (χ2v) is 19.2. The van der Waals surface area contributed by atoms with E-state index in [0.717, 1.165) is 84.9 Å². The highest BCUT2D eigenvalue weighted by atomic mass is 16.3. The minimum Gasteiger partial charge on any atom is -0.390 e. The zero-order valence-electron chi connectivity index (χ0n) is 29.3. The van der Waals surface area contributed by atoms with Gasteiger partial charge in [0, 0.05) is 0 Å². The van der Waals surface area contributed by atoms with Crippen molar-refractivity contribution in [2.24, 2.45) is 71.0 Å². The van der Waals surface area contributed by atoms with Gasteiger partial charge in [-0.15, -0.1) is 0 Å². The number of hydrogen-bond acceptors (Lipinski definition) is 2. The molecule has 8 fully saturated rings. The molecule has 0 bridgehead atoms. The zero-order chi connectivity index (χ0) is 30.4. The van der Waals surface area contributed by atoms with Gasteiger partial charge in [-0.3, -0.25) is 0 Å². The van der Waals surface area contributed by atoms with Gasteiger partial charge < -0.3 is 10.2 Å². The second-order valence-electron chi connectivity index (χ2n) is 19.2. The Balaban J connectivity index is 0.770. The predicted molar refractivity (Wildman–Crippen MR) is 186 cm³/mol. The van der Waals surface area contributed by atoms with Crippen molar-refractivity contribution in [3.8, 4) is 0 Å². The molecule has 45 heavy (non-hydrogen) atoms. The van der Waals surface area contributed by atoms with Crippen LogP contribution in [0.4, 0.5) is 0 Å². The molecule has 2 heteroatoms. The van der Waals surface area contributed by atoms with Crippen molar-refractivity contribution in [3.05, 3.63) is 0 Å². The maximum Gasteiger partial charge on any atom is 0.0681 e. The summed E-state index contributed by atoms with van der Waals surface area (Å²) in [5.41, 5.74) is -0.694. The van der Waals surface area contributed by atoms with Crippen molar-refractivity contribution in [1.82, 2.24) is 0 Å². The maximum atomic E-state index is 12.2. The fraction of sp³-hybridized carbons (Fsp3) is 1.00. The second kappa shape index (κ2) is 13.7. The monoisotopic (exact) mass is 621 g/mol. The van der Waals surface area contributed by atoms with Crippen LogP contribution >= 0.6 is 0 Å². The fourth-order valence-electron chi connectivity index (χ4n) is 15.8. The summed E-state index contributed by atoms with van der Waals surface area (Å²) in [7, 11) is 0. The molecular formula is C43H72O2. The molecule has 256 valence electrons. The van der Waals surface area contributed by atoms with Gasteiger partial charge >= 0.3 is 0 Å². The Labute approximate surface area is 278 Å². The van der Waals surface area contributed by atoms with E-state index in [2.05, 4.69) is 0 Å². The highest BCUT2D eigenvalue weighted by Crippen LogP contribution is 2.62. The quantitative estimate of drug-likeness (QED) is 0.239. The molecule has 8 aliphatic carbocycles. The largest absolute Gasteiger partial charge is 0.390 e. The van der Waals surface area contributed by atoms with Crippen LogP contribution in [0.15, 0.2) is 0 Å². The molecule has 2 N–H and O–H groups in total.